The molecule has 1 heterocycles. The topological polar surface area (TPSA) is 75.1 Å². The Morgan fingerprint density at radius 2 is 1.76 bits per heavy atom. The van der Waals surface area contributed by atoms with Crippen molar-refractivity contribution in [2.24, 2.45) is 0 Å². The highest BCUT2D eigenvalue weighted by Gasteiger charge is 2.22. The highest BCUT2D eigenvalue weighted by molar-refractivity contribution is 6.30. The molecule has 0 unspecified atom stereocenters. The number of fused-ring (bicyclic) bond motifs is 3. The van der Waals surface area contributed by atoms with Crippen molar-refractivity contribution in [1.82, 2.24) is 9.97 Å². The molecule has 168 valence electrons. The smallest absolute Gasteiger partial charge is 0.230 e. The number of benzene rings is 3. The van der Waals surface area contributed by atoms with Gasteiger partial charge in [-0.05, 0) is 65.9 Å². The number of hydrogen-bond donors (Lipinski definition) is 2. The van der Waals surface area contributed by atoms with E-state index in [1.807, 2.05) is 60.7 Å². The van der Waals surface area contributed by atoms with Crippen molar-refractivity contribution in [1.29, 1.82) is 0 Å². The number of aromatic nitrogens is 2. The molecule has 3 aromatic carbocycles. The Morgan fingerprint density at radius 1 is 0.971 bits per heavy atom. The summed E-state index contributed by atoms with van der Waals surface area (Å²) in [6, 6.07) is 22.4. The van der Waals surface area contributed by atoms with Gasteiger partial charge in [-0.25, -0.2) is 9.97 Å². The van der Waals surface area contributed by atoms with Crippen LogP contribution in [0.3, 0.4) is 0 Å². The van der Waals surface area contributed by atoms with Crippen LogP contribution >= 0.6 is 11.6 Å². The Bertz CT molecular complexity index is 1380. The lowest BCUT2D eigenvalue weighted by Gasteiger charge is -2.20. The number of nitrogens with one attached hydrogen (secondary N) is 1. The molecule has 1 aliphatic carbocycles. The molecule has 2 N–H and O–H groups in total. The van der Waals surface area contributed by atoms with Gasteiger partial charge in [0.15, 0.2) is 5.82 Å². The van der Waals surface area contributed by atoms with Gasteiger partial charge in [0.25, 0.3) is 0 Å². The largest absolute Gasteiger partial charge is 0.508 e. The van der Waals surface area contributed by atoms with E-state index in [0.717, 1.165) is 40.1 Å². The Balaban J connectivity index is 1.50. The third-order valence-electron chi connectivity index (χ3n) is 5.74. The summed E-state index contributed by atoms with van der Waals surface area (Å²) < 4.78 is 0. The van der Waals surface area contributed by atoms with Gasteiger partial charge in [0.2, 0.25) is 5.91 Å². The van der Waals surface area contributed by atoms with Crippen molar-refractivity contribution in [3.63, 3.8) is 0 Å². The SMILES string of the molecule is O=C(Cc1ccc(Cl)cc1)Nc1nc2c(nc1/C=C/c1ccccc1)-c1ccc(O)cc1CC2. The average Bonchev–Trinajstić information content (AvgIpc) is 2.84. The quantitative estimate of drug-likeness (QED) is 0.380. The standard InChI is InChI=1S/C28H22ClN3O2/c29-21-10-6-19(7-11-21)16-26(34)32-28-25(14-8-18-4-2-1-3-5-18)30-27-23-13-12-22(33)17-20(23)9-15-24(27)31-28/h1-8,10-14,17,33H,9,15-16H2,(H,31,32,34)/b14-8+. The molecule has 0 saturated carbocycles. The van der Waals surface area contributed by atoms with Crippen LogP contribution in [0.1, 0.15) is 28.1 Å². The number of carbonyl (C=O) groups excluding carboxylic acids is 1. The number of anilines is 1. The van der Waals surface area contributed by atoms with Crippen LogP contribution < -0.4 is 5.32 Å². The van der Waals surface area contributed by atoms with Gasteiger partial charge >= 0.3 is 0 Å². The van der Waals surface area contributed by atoms with Gasteiger partial charge in [-0.3, -0.25) is 4.79 Å². The number of amides is 1. The van der Waals surface area contributed by atoms with Crippen LogP contribution in [0.15, 0.2) is 72.8 Å². The molecule has 34 heavy (non-hydrogen) atoms. The summed E-state index contributed by atoms with van der Waals surface area (Å²) in [5.74, 6) is 0.504. The lowest BCUT2D eigenvalue weighted by molar-refractivity contribution is -0.115. The van der Waals surface area contributed by atoms with Crippen LogP contribution in [0.2, 0.25) is 5.02 Å². The van der Waals surface area contributed by atoms with Gasteiger partial charge in [0.1, 0.15) is 11.4 Å². The zero-order valence-corrected chi connectivity index (χ0v) is 19.1. The number of carbonyl (C=O) groups is 1. The molecule has 4 aromatic rings. The number of aryl methyl sites for hydroxylation is 2. The molecule has 0 spiro atoms. The summed E-state index contributed by atoms with van der Waals surface area (Å²) in [5.41, 5.74) is 6.07. The number of halogens is 1. The molecule has 1 aromatic heterocycles. The Morgan fingerprint density at radius 3 is 2.56 bits per heavy atom. The van der Waals surface area contributed by atoms with Gasteiger partial charge < -0.3 is 10.4 Å². The van der Waals surface area contributed by atoms with Crippen molar-refractivity contribution in [2.75, 3.05) is 5.32 Å². The zero-order valence-electron chi connectivity index (χ0n) is 18.3. The molecule has 0 aliphatic heterocycles. The summed E-state index contributed by atoms with van der Waals surface area (Å²) in [4.78, 5) is 22.6. The number of aromatic hydroxyl groups is 1. The normalized spacial score (nSPS) is 12.3. The van der Waals surface area contributed by atoms with Gasteiger partial charge in [-0.1, -0.05) is 60.1 Å². The van der Waals surface area contributed by atoms with E-state index in [-0.39, 0.29) is 18.1 Å². The van der Waals surface area contributed by atoms with Crippen LogP contribution in [0.25, 0.3) is 23.4 Å². The second kappa shape index (κ2) is 9.49. The van der Waals surface area contributed by atoms with Crippen molar-refractivity contribution in [3.8, 4) is 17.0 Å². The fraction of sp³-hybridized carbons (Fsp3) is 0.107. The van der Waals surface area contributed by atoms with Crippen LogP contribution in [-0.2, 0) is 24.1 Å². The number of hydrogen-bond acceptors (Lipinski definition) is 4. The number of nitrogens with zero attached hydrogens (tertiary/aromatic N) is 2. The molecule has 5 rings (SSSR count). The number of phenols is 1. The van der Waals surface area contributed by atoms with Crippen molar-refractivity contribution in [2.45, 2.75) is 19.3 Å². The van der Waals surface area contributed by atoms with E-state index < -0.39 is 0 Å². The van der Waals surface area contributed by atoms with E-state index in [9.17, 15) is 9.90 Å². The average molecular weight is 468 g/mol. The second-order valence-corrected chi connectivity index (χ2v) is 8.63. The first-order chi connectivity index (χ1) is 16.5. The Kier molecular flexibility index (Phi) is 6.11. The highest BCUT2D eigenvalue weighted by Crippen LogP contribution is 2.35. The molecule has 5 nitrogen and oxygen atoms in total. The molecule has 0 saturated heterocycles. The summed E-state index contributed by atoms with van der Waals surface area (Å²) in [6.45, 7) is 0. The third-order valence-corrected chi connectivity index (χ3v) is 5.99. The molecule has 0 atom stereocenters. The van der Waals surface area contributed by atoms with Crippen LogP contribution in [0.5, 0.6) is 5.75 Å². The van der Waals surface area contributed by atoms with E-state index >= 15 is 0 Å². The van der Waals surface area contributed by atoms with Gasteiger partial charge in [0.05, 0.1) is 17.8 Å². The Hall–Kier alpha value is -3.96. The molecule has 6 heteroatoms. The number of phenolic OH excluding ortho intramolecular Hbond substituents is 1. The maximum absolute atomic E-state index is 12.8. The highest BCUT2D eigenvalue weighted by atomic mass is 35.5. The molecule has 1 aliphatic rings. The fourth-order valence-electron chi connectivity index (χ4n) is 4.06. The molecular formula is C28H22ClN3O2. The lowest BCUT2D eigenvalue weighted by atomic mass is 9.91. The van der Waals surface area contributed by atoms with Gasteiger partial charge in [-0.15, -0.1) is 0 Å². The van der Waals surface area contributed by atoms with Crippen molar-refractivity contribution < 1.29 is 9.90 Å². The Labute approximate surface area is 202 Å². The van der Waals surface area contributed by atoms with E-state index in [4.69, 9.17) is 21.6 Å². The first kappa shape index (κ1) is 21.9. The summed E-state index contributed by atoms with van der Waals surface area (Å²) in [5, 5.41) is 13.5. The molecule has 0 fully saturated rings. The first-order valence-electron chi connectivity index (χ1n) is 11.1. The minimum atomic E-state index is -0.174. The zero-order chi connectivity index (χ0) is 23.5. The van der Waals surface area contributed by atoms with Crippen molar-refractivity contribution >= 4 is 35.5 Å². The van der Waals surface area contributed by atoms with Gasteiger partial charge in [0, 0.05) is 10.6 Å². The van der Waals surface area contributed by atoms with E-state index in [2.05, 4.69) is 5.32 Å². The van der Waals surface area contributed by atoms with Crippen LogP contribution in [0, 0.1) is 0 Å². The molecule has 0 bridgehead atoms. The predicted molar refractivity (Wildman–Crippen MR) is 136 cm³/mol. The molecule has 0 radical (unpaired) electrons. The van der Waals surface area contributed by atoms with Crippen molar-refractivity contribution in [3.05, 3.63) is 106 Å². The van der Waals surface area contributed by atoms with Crippen LogP contribution in [0.4, 0.5) is 5.82 Å². The van der Waals surface area contributed by atoms with E-state index in [0.29, 0.717) is 23.0 Å². The van der Waals surface area contributed by atoms with Gasteiger partial charge in [-0.2, -0.15) is 0 Å². The third kappa shape index (κ3) is 4.85. The predicted octanol–water partition coefficient (Wildman–Crippen LogP) is 5.95. The minimum absolute atomic E-state index is 0.174. The summed E-state index contributed by atoms with van der Waals surface area (Å²) in [6.07, 6.45) is 5.46. The minimum Gasteiger partial charge on any atom is -0.508 e. The van der Waals surface area contributed by atoms with Crippen LogP contribution in [-0.4, -0.2) is 21.0 Å². The molecular weight excluding hydrogens is 446 g/mol. The monoisotopic (exact) mass is 467 g/mol. The number of rotatable bonds is 5. The van der Waals surface area contributed by atoms with E-state index in [1.54, 1.807) is 24.3 Å². The first-order valence-corrected chi connectivity index (χ1v) is 11.4. The van der Waals surface area contributed by atoms with E-state index in [1.165, 1.54) is 0 Å². The maximum atomic E-state index is 12.8. The summed E-state index contributed by atoms with van der Waals surface area (Å²) in [7, 11) is 0. The summed E-state index contributed by atoms with van der Waals surface area (Å²) >= 11 is 5.96. The fourth-order valence-corrected chi connectivity index (χ4v) is 4.18. The second-order valence-electron chi connectivity index (χ2n) is 8.19. The maximum Gasteiger partial charge on any atom is 0.230 e. The molecule has 1 amide bonds. The lowest BCUT2D eigenvalue weighted by Crippen LogP contribution is -2.19.